The van der Waals surface area contributed by atoms with E-state index in [-0.39, 0.29) is 36.8 Å². The van der Waals surface area contributed by atoms with E-state index in [1.165, 1.54) is 19.6 Å². The summed E-state index contributed by atoms with van der Waals surface area (Å²) in [6.45, 7) is 8.96. The predicted octanol–water partition coefficient (Wildman–Crippen LogP) is 0.583. The van der Waals surface area contributed by atoms with Gasteiger partial charge in [0.25, 0.3) is 0 Å². The van der Waals surface area contributed by atoms with Crippen LogP contribution in [-0.4, -0.2) is 91.0 Å². The highest BCUT2D eigenvalue weighted by molar-refractivity contribution is 7.89. The molecule has 2 saturated heterocycles. The van der Waals surface area contributed by atoms with Crippen LogP contribution in [0.1, 0.15) is 27.7 Å². The molecule has 0 aromatic heterocycles. The van der Waals surface area contributed by atoms with Gasteiger partial charge in [0.05, 0.1) is 13.1 Å². The Morgan fingerprint density at radius 3 is 1.40 bits per heavy atom. The standard InChI is InChI=1S/C14H24N6O4S/c1-5-17-9-11(19(7-3)13(17)21)15-25(23,24)16-12-10-18(6-2)14(22)20(12)8-4/h5-10H2,1-4H3/b15-11+,16-12+. The van der Waals surface area contributed by atoms with Crippen LogP contribution in [0.15, 0.2) is 8.80 Å². The molecule has 0 N–H and O–H groups in total. The monoisotopic (exact) mass is 372 g/mol. The minimum atomic E-state index is -4.21. The van der Waals surface area contributed by atoms with Gasteiger partial charge in [-0.1, -0.05) is 0 Å². The van der Waals surface area contributed by atoms with Crippen LogP contribution in [0.2, 0.25) is 0 Å². The fraction of sp³-hybridized carbons (Fsp3) is 0.714. The number of urea groups is 2. The fourth-order valence-corrected chi connectivity index (χ4v) is 3.67. The molecule has 0 aromatic carbocycles. The van der Waals surface area contributed by atoms with Crippen LogP contribution in [-0.2, 0) is 10.2 Å². The lowest BCUT2D eigenvalue weighted by atomic mass is 10.5. The zero-order valence-electron chi connectivity index (χ0n) is 15.0. The Morgan fingerprint density at radius 1 is 0.760 bits per heavy atom. The molecule has 0 aliphatic carbocycles. The van der Waals surface area contributed by atoms with Gasteiger partial charge in [-0.05, 0) is 27.7 Å². The summed E-state index contributed by atoms with van der Waals surface area (Å²) < 4.78 is 32.2. The predicted molar refractivity (Wildman–Crippen MR) is 93.8 cm³/mol. The molecule has 2 aliphatic heterocycles. The maximum absolute atomic E-state index is 12.4. The zero-order chi connectivity index (χ0) is 18.8. The van der Waals surface area contributed by atoms with E-state index in [2.05, 4.69) is 8.80 Å². The van der Waals surface area contributed by atoms with Crippen LogP contribution in [0.25, 0.3) is 0 Å². The third kappa shape index (κ3) is 3.75. The third-order valence-corrected chi connectivity index (χ3v) is 5.01. The molecule has 4 amide bonds. The van der Waals surface area contributed by atoms with Gasteiger partial charge in [0.2, 0.25) is 0 Å². The van der Waals surface area contributed by atoms with Gasteiger partial charge in [-0.2, -0.15) is 8.42 Å². The lowest BCUT2D eigenvalue weighted by Crippen LogP contribution is -2.33. The van der Waals surface area contributed by atoms with E-state index in [0.29, 0.717) is 26.2 Å². The molecule has 11 heteroatoms. The number of hydrogen-bond acceptors (Lipinski definition) is 4. The van der Waals surface area contributed by atoms with Crippen molar-refractivity contribution in [3.8, 4) is 0 Å². The molecule has 0 spiro atoms. The smallest absolute Gasteiger partial charge is 0.317 e. The van der Waals surface area contributed by atoms with Crippen LogP contribution in [0, 0.1) is 0 Å². The Morgan fingerprint density at radius 2 is 1.12 bits per heavy atom. The second-order valence-corrected chi connectivity index (χ2v) is 6.81. The Balaban J connectivity index is 2.33. The second kappa shape index (κ2) is 7.38. The summed E-state index contributed by atoms with van der Waals surface area (Å²) in [5.74, 6) is 0.303. The minimum Gasteiger partial charge on any atom is -0.317 e. The molecule has 25 heavy (non-hydrogen) atoms. The first-order chi connectivity index (χ1) is 11.8. The number of nitrogens with zero attached hydrogens (tertiary/aromatic N) is 6. The Bertz CT molecular complexity index is 663. The molecule has 0 aromatic rings. The molecule has 140 valence electrons. The Hall–Kier alpha value is -2.17. The van der Waals surface area contributed by atoms with Gasteiger partial charge >= 0.3 is 22.3 Å². The number of carbonyl (C=O) groups is 2. The van der Waals surface area contributed by atoms with Crippen LogP contribution < -0.4 is 0 Å². The van der Waals surface area contributed by atoms with Crippen molar-refractivity contribution in [3.63, 3.8) is 0 Å². The molecule has 2 heterocycles. The number of amides is 4. The Kier molecular flexibility index (Phi) is 5.65. The van der Waals surface area contributed by atoms with Crippen molar-refractivity contribution in [3.05, 3.63) is 0 Å². The quantitative estimate of drug-likeness (QED) is 0.680. The summed E-state index contributed by atoms with van der Waals surface area (Å²) in [6.07, 6.45) is 0. The molecular formula is C14H24N6O4S. The number of carbonyl (C=O) groups excluding carboxylic acids is 2. The average Bonchev–Trinajstić information content (AvgIpc) is 3.02. The number of hydrogen-bond donors (Lipinski definition) is 0. The maximum atomic E-state index is 12.4. The highest BCUT2D eigenvalue weighted by Crippen LogP contribution is 2.15. The molecule has 10 nitrogen and oxygen atoms in total. The summed E-state index contributed by atoms with van der Waals surface area (Å²) in [5, 5.41) is 0. The second-order valence-electron chi connectivity index (χ2n) is 5.54. The first-order valence-electron chi connectivity index (χ1n) is 8.33. The molecular weight excluding hydrogens is 348 g/mol. The molecule has 0 atom stereocenters. The first-order valence-corrected chi connectivity index (χ1v) is 9.73. The fourth-order valence-electron chi connectivity index (χ4n) is 2.78. The van der Waals surface area contributed by atoms with E-state index < -0.39 is 10.2 Å². The number of rotatable bonds is 6. The Labute approximate surface area is 148 Å². The van der Waals surface area contributed by atoms with Gasteiger partial charge in [-0.3, -0.25) is 9.80 Å². The van der Waals surface area contributed by atoms with Crippen molar-refractivity contribution < 1.29 is 18.0 Å². The van der Waals surface area contributed by atoms with Crippen molar-refractivity contribution >= 4 is 33.9 Å². The molecule has 0 saturated carbocycles. The van der Waals surface area contributed by atoms with Gasteiger partial charge in [0.1, 0.15) is 11.7 Å². The third-order valence-electron chi connectivity index (χ3n) is 4.13. The summed E-state index contributed by atoms with van der Waals surface area (Å²) in [5.41, 5.74) is 0. The minimum absolute atomic E-state index is 0.130. The first kappa shape index (κ1) is 19.2. The summed E-state index contributed by atoms with van der Waals surface area (Å²) in [7, 11) is -4.21. The summed E-state index contributed by atoms with van der Waals surface area (Å²) >= 11 is 0. The highest BCUT2D eigenvalue weighted by Gasteiger charge is 2.35. The lowest BCUT2D eigenvalue weighted by Gasteiger charge is -2.14. The average molecular weight is 372 g/mol. The topological polar surface area (TPSA) is 106 Å². The van der Waals surface area contributed by atoms with E-state index in [1.54, 1.807) is 13.8 Å². The van der Waals surface area contributed by atoms with Gasteiger partial charge in [-0.15, -0.1) is 8.80 Å². The van der Waals surface area contributed by atoms with Gasteiger partial charge in [-0.25, -0.2) is 9.59 Å². The largest absolute Gasteiger partial charge is 0.366 e. The maximum Gasteiger partial charge on any atom is 0.366 e. The van der Waals surface area contributed by atoms with E-state index in [0.717, 1.165) is 0 Å². The van der Waals surface area contributed by atoms with Crippen molar-refractivity contribution in [2.24, 2.45) is 8.80 Å². The molecule has 0 bridgehead atoms. The van der Waals surface area contributed by atoms with Crippen LogP contribution >= 0.6 is 0 Å². The number of likely N-dealkylation sites (N-methyl/N-ethyl adjacent to an activating group) is 4. The van der Waals surface area contributed by atoms with Crippen LogP contribution in [0.3, 0.4) is 0 Å². The van der Waals surface area contributed by atoms with E-state index in [4.69, 9.17) is 0 Å². The van der Waals surface area contributed by atoms with Crippen molar-refractivity contribution in [1.82, 2.24) is 19.6 Å². The van der Waals surface area contributed by atoms with Crippen molar-refractivity contribution in [1.29, 1.82) is 0 Å². The molecule has 2 aliphatic rings. The van der Waals surface area contributed by atoms with Crippen LogP contribution in [0.4, 0.5) is 9.59 Å². The van der Waals surface area contributed by atoms with E-state index in [1.807, 2.05) is 13.8 Å². The lowest BCUT2D eigenvalue weighted by molar-refractivity contribution is 0.199. The molecule has 2 rings (SSSR count). The van der Waals surface area contributed by atoms with Crippen molar-refractivity contribution in [2.45, 2.75) is 27.7 Å². The van der Waals surface area contributed by atoms with Gasteiger partial charge < -0.3 is 9.80 Å². The van der Waals surface area contributed by atoms with Gasteiger partial charge in [0, 0.05) is 26.2 Å². The molecule has 2 fully saturated rings. The van der Waals surface area contributed by atoms with Crippen LogP contribution in [0.5, 0.6) is 0 Å². The number of amidine groups is 2. The normalized spacial score (nSPS) is 22.2. The SMILES string of the molecule is CCN1C/C(=N\S(=O)(=O)/N=C2\CN(CC)C(=O)N2CC)N(CC)C1=O. The van der Waals surface area contributed by atoms with E-state index >= 15 is 0 Å². The summed E-state index contributed by atoms with van der Waals surface area (Å²) in [6, 6.07) is -0.537. The molecule has 0 radical (unpaired) electrons. The van der Waals surface area contributed by atoms with Crippen molar-refractivity contribution in [2.75, 3.05) is 39.3 Å². The van der Waals surface area contributed by atoms with E-state index in [9.17, 15) is 18.0 Å². The van der Waals surface area contributed by atoms with Gasteiger partial charge in [0.15, 0.2) is 0 Å². The molecule has 0 unspecified atom stereocenters. The summed E-state index contributed by atoms with van der Waals surface area (Å²) in [4.78, 5) is 29.9. The zero-order valence-corrected chi connectivity index (χ0v) is 15.8. The highest BCUT2D eigenvalue weighted by atomic mass is 32.2.